The van der Waals surface area contributed by atoms with Crippen LogP contribution in [0, 0.1) is 0 Å². The van der Waals surface area contributed by atoms with Crippen LogP contribution in [0.15, 0.2) is 66.7 Å². The Kier molecular flexibility index (Phi) is 5.53. The Morgan fingerprint density at radius 3 is 2.39 bits per heavy atom. The summed E-state index contributed by atoms with van der Waals surface area (Å²) in [5, 5.41) is 4.97. The summed E-state index contributed by atoms with van der Waals surface area (Å²) in [6.07, 6.45) is 0. The zero-order valence-corrected chi connectivity index (χ0v) is 16.5. The first kappa shape index (κ1) is 20.0. The predicted molar refractivity (Wildman–Crippen MR) is 112 cm³/mol. The summed E-state index contributed by atoms with van der Waals surface area (Å²) in [4.78, 5) is 35.7. The maximum atomic E-state index is 12.2. The van der Waals surface area contributed by atoms with Crippen LogP contribution in [0.5, 0.6) is 23.0 Å². The molecule has 8 nitrogen and oxygen atoms in total. The van der Waals surface area contributed by atoms with E-state index < -0.39 is 11.8 Å². The van der Waals surface area contributed by atoms with Gasteiger partial charge in [0.15, 0.2) is 6.61 Å². The Balaban J connectivity index is 1.38. The number of methoxy groups -OCH3 is 1. The van der Waals surface area contributed by atoms with Crippen molar-refractivity contribution in [3.05, 3.63) is 77.9 Å². The predicted octanol–water partition coefficient (Wildman–Crippen LogP) is 3.39. The van der Waals surface area contributed by atoms with Gasteiger partial charge in [-0.1, -0.05) is 12.1 Å². The fourth-order valence-corrected chi connectivity index (χ4v) is 3.02. The molecule has 31 heavy (non-hydrogen) atoms. The summed E-state index contributed by atoms with van der Waals surface area (Å²) >= 11 is 0. The van der Waals surface area contributed by atoms with E-state index in [0.29, 0.717) is 34.2 Å². The first-order valence-electron chi connectivity index (χ1n) is 9.36. The average Bonchev–Trinajstić information content (AvgIpc) is 3.05. The third-order valence-corrected chi connectivity index (χ3v) is 4.47. The van der Waals surface area contributed by atoms with E-state index in [1.54, 1.807) is 61.7 Å². The maximum absolute atomic E-state index is 12.2. The molecule has 0 aliphatic carbocycles. The zero-order chi connectivity index (χ0) is 21.8. The number of nitrogens with one attached hydrogen (secondary N) is 2. The first-order chi connectivity index (χ1) is 15.0. The molecule has 1 aliphatic rings. The average molecular weight is 418 g/mol. The zero-order valence-electron chi connectivity index (χ0n) is 16.5. The van der Waals surface area contributed by atoms with E-state index in [9.17, 15) is 14.4 Å². The van der Waals surface area contributed by atoms with Crippen LogP contribution >= 0.6 is 0 Å². The molecule has 0 atom stereocenters. The number of carbonyl (C=O) groups is 3. The topological polar surface area (TPSA) is 103 Å². The molecule has 0 fully saturated rings. The molecule has 0 spiro atoms. The van der Waals surface area contributed by atoms with Gasteiger partial charge in [0.25, 0.3) is 17.7 Å². The highest BCUT2D eigenvalue weighted by Gasteiger charge is 2.26. The molecule has 0 radical (unpaired) electrons. The van der Waals surface area contributed by atoms with Gasteiger partial charge in [-0.15, -0.1) is 0 Å². The van der Waals surface area contributed by atoms with Gasteiger partial charge in [-0.05, 0) is 42.5 Å². The van der Waals surface area contributed by atoms with Gasteiger partial charge in [-0.3, -0.25) is 19.7 Å². The van der Waals surface area contributed by atoms with Gasteiger partial charge in [0.05, 0.1) is 18.2 Å². The molecule has 0 saturated heterocycles. The molecule has 0 aromatic heterocycles. The molecule has 3 aromatic rings. The van der Waals surface area contributed by atoms with E-state index in [2.05, 4.69) is 10.6 Å². The van der Waals surface area contributed by atoms with Crippen molar-refractivity contribution < 1.29 is 28.6 Å². The third kappa shape index (κ3) is 4.64. The van der Waals surface area contributed by atoms with Crippen LogP contribution in [0.2, 0.25) is 0 Å². The van der Waals surface area contributed by atoms with Crippen LogP contribution < -0.4 is 24.8 Å². The minimum absolute atomic E-state index is 0.174. The van der Waals surface area contributed by atoms with E-state index in [-0.39, 0.29) is 18.1 Å². The Labute approximate surface area is 177 Å². The smallest absolute Gasteiger partial charge is 0.262 e. The fraction of sp³-hybridized carbons (Fsp3) is 0.0870. The van der Waals surface area contributed by atoms with Crippen LogP contribution in [0.3, 0.4) is 0 Å². The van der Waals surface area contributed by atoms with Gasteiger partial charge in [0, 0.05) is 17.8 Å². The van der Waals surface area contributed by atoms with Crippen molar-refractivity contribution in [2.75, 3.05) is 19.0 Å². The van der Waals surface area contributed by atoms with Gasteiger partial charge < -0.3 is 19.5 Å². The summed E-state index contributed by atoms with van der Waals surface area (Å²) in [6, 6.07) is 18.4. The standard InChI is InChI=1S/C23H18N2O6/c1-29-15-5-3-6-16(11-15)30-13-21(26)24-14-4-2-7-17(10-14)31-18-8-9-19-20(12-18)23(28)25-22(19)27/h2-12H,13H2,1H3,(H,24,26)(H,25,27,28). The molecule has 3 amide bonds. The van der Waals surface area contributed by atoms with Crippen LogP contribution in [-0.2, 0) is 4.79 Å². The minimum atomic E-state index is -0.456. The normalized spacial score (nSPS) is 12.0. The maximum Gasteiger partial charge on any atom is 0.262 e. The highest BCUT2D eigenvalue weighted by Crippen LogP contribution is 2.28. The molecule has 156 valence electrons. The lowest BCUT2D eigenvalue weighted by Gasteiger charge is -2.10. The summed E-state index contributed by atoms with van der Waals surface area (Å²) in [6.45, 7) is -0.174. The molecule has 0 unspecified atom stereocenters. The van der Waals surface area contributed by atoms with E-state index >= 15 is 0 Å². The summed E-state index contributed by atoms with van der Waals surface area (Å²) in [5.41, 5.74) is 1.10. The largest absolute Gasteiger partial charge is 0.497 e. The van der Waals surface area contributed by atoms with Gasteiger partial charge in [-0.2, -0.15) is 0 Å². The van der Waals surface area contributed by atoms with Crippen LogP contribution in [0.4, 0.5) is 5.69 Å². The number of carbonyl (C=O) groups excluding carboxylic acids is 3. The second-order valence-corrected chi connectivity index (χ2v) is 6.64. The summed E-state index contributed by atoms with van der Waals surface area (Å²) in [7, 11) is 1.55. The third-order valence-electron chi connectivity index (χ3n) is 4.47. The van der Waals surface area contributed by atoms with Crippen molar-refractivity contribution in [1.82, 2.24) is 5.32 Å². The number of rotatable bonds is 7. The number of ether oxygens (including phenoxy) is 3. The van der Waals surface area contributed by atoms with Crippen molar-refractivity contribution in [3.63, 3.8) is 0 Å². The number of amides is 3. The van der Waals surface area contributed by atoms with Gasteiger partial charge in [0.2, 0.25) is 0 Å². The van der Waals surface area contributed by atoms with Crippen LogP contribution in [-0.4, -0.2) is 31.4 Å². The van der Waals surface area contributed by atoms with Crippen molar-refractivity contribution in [3.8, 4) is 23.0 Å². The lowest BCUT2D eigenvalue weighted by atomic mass is 10.1. The molecule has 0 saturated carbocycles. The minimum Gasteiger partial charge on any atom is -0.497 e. The van der Waals surface area contributed by atoms with E-state index in [4.69, 9.17) is 14.2 Å². The molecule has 2 N–H and O–H groups in total. The number of hydrogen-bond acceptors (Lipinski definition) is 6. The second kappa shape index (κ2) is 8.58. The van der Waals surface area contributed by atoms with E-state index in [1.165, 1.54) is 12.1 Å². The van der Waals surface area contributed by atoms with Crippen molar-refractivity contribution >= 4 is 23.4 Å². The monoisotopic (exact) mass is 418 g/mol. The van der Waals surface area contributed by atoms with Crippen LogP contribution in [0.25, 0.3) is 0 Å². The van der Waals surface area contributed by atoms with Gasteiger partial charge in [-0.25, -0.2) is 0 Å². The Morgan fingerprint density at radius 1 is 0.839 bits per heavy atom. The van der Waals surface area contributed by atoms with Gasteiger partial charge >= 0.3 is 0 Å². The molecule has 3 aromatic carbocycles. The quantitative estimate of drug-likeness (QED) is 0.570. The molecule has 1 aliphatic heterocycles. The highest BCUT2D eigenvalue weighted by atomic mass is 16.5. The number of anilines is 1. The van der Waals surface area contributed by atoms with Crippen molar-refractivity contribution in [2.24, 2.45) is 0 Å². The Bertz CT molecular complexity index is 1170. The lowest BCUT2D eigenvalue weighted by Crippen LogP contribution is -2.20. The molecular weight excluding hydrogens is 400 g/mol. The number of imide groups is 1. The highest BCUT2D eigenvalue weighted by molar-refractivity contribution is 6.21. The van der Waals surface area contributed by atoms with E-state index in [1.807, 2.05) is 0 Å². The SMILES string of the molecule is COc1cccc(OCC(=O)Nc2cccc(Oc3ccc4c(c3)C(=O)NC4=O)c2)c1. The number of benzene rings is 3. The van der Waals surface area contributed by atoms with Crippen molar-refractivity contribution in [1.29, 1.82) is 0 Å². The van der Waals surface area contributed by atoms with E-state index in [0.717, 1.165) is 0 Å². The van der Waals surface area contributed by atoms with Crippen molar-refractivity contribution in [2.45, 2.75) is 0 Å². The molecule has 0 bridgehead atoms. The lowest BCUT2D eigenvalue weighted by molar-refractivity contribution is -0.118. The molecule has 4 rings (SSSR count). The fourth-order valence-electron chi connectivity index (χ4n) is 3.02. The first-order valence-corrected chi connectivity index (χ1v) is 9.36. The molecule has 1 heterocycles. The molecule has 8 heteroatoms. The Morgan fingerprint density at radius 2 is 1.55 bits per heavy atom. The van der Waals surface area contributed by atoms with Gasteiger partial charge in [0.1, 0.15) is 23.0 Å². The van der Waals surface area contributed by atoms with Crippen LogP contribution in [0.1, 0.15) is 20.7 Å². The number of hydrogen-bond donors (Lipinski definition) is 2. The Hall–Kier alpha value is -4.33. The number of fused-ring (bicyclic) bond motifs is 1. The second-order valence-electron chi connectivity index (χ2n) is 6.64. The summed E-state index contributed by atoms with van der Waals surface area (Å²) < 4.78 is 16.4. The summed E-state index contributed by atoms with van der Waals surface area (Å²) in [5.74, 6) is 0.786. The molecular formula is C23H18N2O6.